The number of amides is 1. The van der Waals surface area contributed by atoms with Gasteiger partial charge in [0, 0.05) is 18.5 Å². The Balaban J connectivity index is 1.93. The molecule has 0 radical (unpaired) electrons. The van der Waals surface area contributed by atoms with Crippen LogP contribution < -0.4 is 5.73 Å². The summed E-state index contributed by atoms with van der Waals surface area (Å²) >= 11 is 0. The van der Waals surface area contributed by atoms with Gasteiger partial charge in [0.25, 0.3) is 0 Å². The Kier molecular flexibility index (Phi) is 3.79. The molecule has 2 N–H and O–H groups in total. The average Bonchev–Trinajstić information content (AvgIpc) is 2.96. The van der Waals surface area contributed by atoms with Crippen molar-refractivity contribution in [3.8, 4) is 0 Å². The van der Waals surface area contributed by atoms with Crippen LogP contribution in [0.3, 0.4) is 0 Å². The first-order valence-electron chi connectivity index (χ1n) is 7.80. The second kappa shape index (κ2) is 5.57. The van der Waals surface area contributed by atoms with E-state index in [1.54, 1.807) is 0 Å². The van der Waals surface area contributed by atoms with E-state index >= 15 is 0 Å². The summed E-state index contributed by atoms with van der Waals surface area (Å²) in [7, 11) is 0. The zero-order valence-corrected chi connectivity index (χ0v) is 12.2. The molecule has 2 fully saturated rings. The second-order valence-electron chi connectivity index (χ2n) is 6.30. The highest BCUT2D eigenvalue weighted by Crippen LogP contribution is 2.37. The Labute approximate surface area is 121 Å². The molecule has 0 spiro atoms. The number of aryl methyl sites for hydroxylation is 1. The van der Waals surface area contributed by atoms with Crippen molar-refractivity contribution in [2.24, 2.45) is 5.73 Å². The van der Waals surface area contributed by atoms with Crippen LogP contribution in [0.4, 0.5) is 0 Å². The van der Waals surface area contributed by atoms with Crippen LogP contribution in [0.25, 0.3) is 0 Å². The van der Waals surface area contributed by atoms with Gasteiger partial charge in [-0.2, -0.15) is 0 Å². The van der Waals surface area contributed by atoms with E-state index < -0.39 is 0 Å². The normalized spacial score (nSPS) is 28.1. The molecule has 1 aromatic rings. The van der Waals surface area contributed by atoms with Crippen molar-refractivity contribution in [2.45, 2.75) is 63.6 Å². The van der Waals surface area contributed by atoms with Crippen molar-refractivity contribution >= 4 is 5.91 Å². The molecule has 1 heterocycles. The third-order valence-corrected chi connectivity index (χ3v) is 4.82. The van der Waals surface area contributed by atoms with Gasteiger partial charge >= 0.3 is 0 Å². The van der Waals surface area contributed by atoms with Crippen LogP contribution in [0.1, 0.15) is 55.7 Å². The molecule has 1 aromatic carbocycles. The summed E-state index contributed by atoms with van der Waals surface area (Å²) in [5.41, 5.74) is 8.82. The molecule has 0 bridgehead atoms. The van der Waals surface area contributed by atoms with Crippen molar-refractivity contribution in [3.05, 3.63) is 35.4 Å². The molecule has 1 amide bonds. The largest absolute Gasteiger partial charge is 0.331 e. The zero-order chi connectivity index (χ0) is 14.1. The van der Waals surface area contributed by atoms with Crippen molar-refractivity contribution in [2.75, 3.05) is 0 Å². The molecule has 3 rings (SSSR count). The maximum absolute atomic E-state index is 12.4. The van der Waals surface area contributed by atoms with Gasteiger partial charge in [-0.25, -0.2) is 0 Å². The van der Waals surface area contributed by atoms with E-state index in [4.69, 9.17) is 5.73 Å². The third kappa shape index (κ3) is 2.47. The van der Waals surface area contributed by atoms with Crippen LogP contribution in [-0.2, 0) is 4.79 Å². The Bertz CT molecular complexity index is 476. The molecule has 1 saturated carbocycles. The van der Waals surface area contributed by atoms with Crippen molar-refractivity contribution in [3.63, 3.8) is 0 Å². The van der Waals surface area contributed by atoms with Gasteiger partial charge in [0.05, 0.1) is 6.04 Å². The number of piperidine rings is 1. The molecule has 2 atom stereocenters. The number of likely N-dealkylation sites (tertiary alicyclic amines) is 1. The van der Waals surface area contributed by atoms with Crippen molar-refractivity contribution in [1.82, 2.24) is 4.90 Å². The summed E-state index contributed by atoms with van der Waals surface area (Å²) in [4.78, 5) is 14.6. The lowest BCUT2D eigenvalue weighted by Crippen LogP contribution is -2.52. The lowest BCUT2D eigenvalue weighted by atomic mass is 9.88. The average molecular weight is 272 g/mol. The van der Waals surface area contributed by atoms with Crippen LogP contribution in [0.2, 0.25) is 0 Å². The topological polar surface area (TPSA) is 46.3 Å². The summed E-state index contributed by atoms with van der Waals surface area (Å²) < 4.78 is 0. The van der Waals surface area contributed by atoms with Crippen molar-refractivity contribution in [1.29, 1.82) is 0 Å². The van der Waals surface area contributed by atoms with Crippen molar-refractivity contribution < 1.29 is 4.79 Å². The van der Waals surface area contributed by atoms with E-state index in [0.29, 0.717) is 18.4 Å². The minimum Gasteiger partial charge on any atom is -0.331 e. The van der Waals surface area contributed by atoms with Crippen LogP contribution in [-0.4, -0.2) is 22.9 Å². The molecular formula is C17H24N2O. The molecular weight excluding hydrogens is 248 g/mol. The van der Waals surface area contributed by atoms with Gasteiger partial charge in [0.2, 0.25) is 5.91 Å². The minimum atomic E-state index is 0.0657. The molecule has 20 heavy (non-hydrogen) atoms. The summed E-state index contributed by atoms with van der Waals surface area (Å²) in [6, 6.07) is 9.05. The monoisotopic (exact) mass is 272 g/mol. The number of carbonyl (C=O) groups is 1. The number of benzene rings is 1. The van der Waals surface area contributed by atoms with Crippen LogP contribution in [0, 0.1) is 6.92 Å². The molecule has 1 aliphatic carbocycles. The van der Waals surface area contributed by atoms with Gasteiger partial charge in [-0.1, -0.05) is 42.7 Å². The molecule has 1 aliphatic heterocycles. The Hall–Kier alpha value is -1.35. The molecule has 2 unspecified atom stereocenters. The molecule has 1 saturated heterocycles. The molecule has 2 aliphatic rings. The lowest BCUT2D eigenvalue weighted by molar-refractivity contribution is -0.140. The Morgan fingerprint density at radius 1 is 1.10 bits per heavy atom. The van der Waals surface area contributed by atoms with Gasteiger partial charge in [-0.15, -0.1) is 0 Å². The summed E-state index contributed by atoms with van der Waals surface area (Å²) in [5, 5.41) is 0. The highest BCUT2D eigenvalue weighted by molar-refractivity contribution is 5.78. The Morgan fingerprint density at radius 2 is 1.75 bits per heavy atom. The minimum absolute atomic E-state index is 0.0657. The lowest BCUT2D eigenvalue weighted by Gasteiger charge is -2.43. The van der Waals surface area contributed by atoms with Crippen LogP contribution in [0.15, 0.2) is 24.3 Å². The van der Waals surface area contributed by atoms with Crippen LogP contribution >= 0.6 is 0 Å². The maximum Gasteiger partial charge on any atom is 0.223 e. The van der Waals surface area contributed by atoms with Gasteiger partial charge in [-0.05, 0) is 31.7 Å². The highest BCUT2D eigenvalue weighted by atomic mass is 16.2. The predicted octanol–water partition coefficient (Wildman–Crippen LogP) is 2.93. The summed E-state index contributed by atoms with van der Waals surface area (Å²) in [5.74, 6) is 0.296. The van der Waals surface area contributed by atoms with E-state index in [0.717, 1.165) is 19.3 Å². The molecule has 3 heteroatoms. The SMILES string of the molecule is Cc1ccc(C2C(N)CCC(=O)N2C2CCCC2)cc1. The van der Waals surface area contributed by atoms with E-state index in [1.807, 2.05) is 0 Å². The summed E-state index contributed by atoms with van der Waals surface area (Å²) in [6.45, 7) is 2.09. The van der Waals surface area contributed by atoms with E-state index in [-0.39, 0.29) is 12.1 Å². The molecule has 3 nitrogen and oxygen atoms in total. The van der Waals surface area contributed by atoms with Crippen LogP contribution in [0.5, 0.6) is 0 Å². The fourth-order valence-corrected chi connectivity index (χ4v) is 3.72. The highest BCUT2D eigenvalue weighted by Gasteiger charge is 2.39. The standard InChI is InChI=1S/C17H24N2O/c1-12-6-8-13(9-7-12)17-15(18)10-11-16(20)19(17)14-4-2-3-5-14/h6-9,14-15,17H,2-5,10-11,18H2,1H3. The number of carbonyl (C=O) groups excluding carboxylic acids is 1. The van der Waals surface area contributed by atoms with Gasteiger partial charge < -0.3 is 10.6 Å². The number of nitrogens with two attached hydrogens (primary N) is 1. The Morgan fingerprint density at radius 3 is 2.40 bits per heavy atom. The number of hydrogen-bond acceptors (Lipinski definition) is 2. The smallest absolute Gasteiger partial charge is 0.223 e. The second-order valence-corrected chi connectivity index (χ2v) is 6.30. The third-order valence-electron chi connectivity index (χ3n) is 4.82. The quantitative estimate of drug-likeness (QED) is 0.899. The van der Waals surface area contributed by atoms with E-state index in [9.17, 15) is 4.79 Å². The molecule has 0 aromatic heterocycles. The van der Waals surface area contributed by atoms with E-state index in [1.165, 1.54) is 24.0 Å². The van der Waals surface area contributed by atoms with E-state index in [2.05, 4.69) is 36.1 Å². The first-order valence-corrected chi connectivity index (χ1v) is 7.80. The first kappa shape index (κ1) is 13.6. The maximum atomic E-state index is 12.4. The molecule has 108 valence electrons. The number of nitrogens with zero attached hydrogens (tertiary/aromatic N) is 1. The van der Waals surface area contributed by atoms with Gasteiger partial charge in [-0.3, -0.25) is 4.79 Å². The fourth-order valence-electron chi connectivity index (χ4n) is 3.72. The predicted molar refractivity (Wildman–Crippen MR) is 80.2 cm³/mol. The number of hydrogen-bond donors (Lipinski definition) is 1. The zero-order valence-electron chi connectivity index (χ0n) is 12.2. The fraction of sp³-hybridized carbons (Fsp3) is 0.588. The summed E-state index contributed by atoms with van der Waals surface area (Å²) in [6.07, 6.45) is 6.18. The van der Waals surface area contributed by atoms with Gasteiger partial charge in [0.1, 0.15) is 0 Å². The first-order chi connectivity index (χ1) is 9.66. The van der Waals surface area contributed by atoms with Gasteiger partial charge in [0.15, 0.2) is 0 Å². The number of rotatable bonds is 2.